The Hall–Kier alpha value is -0.780. The summed E-state index contributed by atoms with van der Waals surface area (Å²) in [5.41, 5.74) is 3.71. The molecule has 0 amide bonds. The Morgan fingerprint density at radius 1 is 1.07 bits per heavy atom. The van der Waals surface area contributed by atoms with Crippen molar-refractivity contribution in [3.05, 3.63) is 35.4 Å². The lowest BCUT2D eigenvalue weighted by Gasteiger charge is -2.62. The van der Waals surface area contributed by atoms with Crippen molar-refractivity contribution in [3.8, 4) is 0 Å². The second-order valence-corrected chi connectivity index (χ2v) is 5.54. The summed E-state index contributed by atoms with van der Waals surface area (Å²) in [5.74, 6) is 1.75. The lowest BCUT2D eigenvalue weighted by molar-refractivity contribution is -0.0274. The molecule has 0 heteroatoms. The predicted octanol–water partition coefficient (Wildman–Crippen LogP) is 3.86. The van der Waals surface area contributed by atoms with E-state index in [0.29, 0.717) is 11.3 Å². The molecule has 1 aromatic carbocycles. The zero-order valence-corrected chi connectivity index (χ0v) is 9.09. The van der Waals surface area contributed by atoms with E-state index in [0.717, 1.165) is 5.92 Å². The van der Waals surface area contributed by atoms with E-state index in [-0.39, 0.29) is 0 Å². The van der Waals surface area contributed by atoms with E-state index in [4.69, 9.17) is 0 Å². The van der Waals surface area contributed by atoms with Gasteiger partial charge in [-0.2, -0.15) is 0 Å². The van der Waals surface area contributed by atoms with Crippen LogP contribution in [0, 0.1) is 5.92 Å². The molecule has 3 aliphatic rings. The van der Waals surface area contributed by atoms with Crippen LogP contribution in [0.3, 0.4) is 0 Å². The average Bonchev–Trinajstić information content (AvgIpc) is 1.99. The molecule has 0 aliphatic heterocycles. The van der Waals surface area contributed by atoms with Crippen LogP contribution in [0.4, 0.5) is 0 Å². The highest BCUT2D eigenvalue weighted by atomic mass is 14.6. The number of benzene rings is 1. The first-order chi connectivity index (χ1) is 6.70. The molecule has 0 saturated heterocycles. The minimum absolute atomic E-state index is 0.639. The van der Waals surface area contributed by atoms with Crippen LogP contribution >= 0.6 is 0 Å². The van der Waals surface area contributed by atoms with Crippen LogP contribution in [-0.4, -0.2) is 0 Å². The second-order valence-electron chi connectivity index (χ2n) is 5.54. The molecule has 74 valence electrons. The largest absolute Gasteiger partial charge is 0.0587 e. The van der Waals surface area contributed by atoms with E-state index < -0.39 is 0 Å². The molecule has 0 unspecified atom stereocenters. The van der Waals surface area contributed by atoms with Crippen LogP contribution in [0.15, 0.2) is 24.3 Å². The summed E-state index contributed by atoms with van der Waals surface area (Å²) in [6.07, 6.45) is 4.40. The monoisotopic (exact) mass is 186 g/mol. The van der Waals surface area contributed by atoms with Gasteiger partial charge in [-0.05, 0) is 47.6 Å². The third kappa shape index (κ3) is 1.00. The maximum atomic E-state index is 2.37. The van der Waals surface area contributed by atoms with Crippen LogP contribution in [0.2, 0.25) is 0 Å². The lowest BCUT2D eigenvalue weighted by atomic mass is 9.42. The molecule has 4 rings (SSSR count). The molecule has 0 aromatic heterocycles. The van der Waals surface area contributed by atoms with Gasteiger partial charge in [0.05, 0.1) is 0 Å². The minimum Gasteiger partial charge on any atom is -0.0587 e. The van der Waals surface area contributed by atoms with E-state index >= 15 is 0 Å². The molecule has 3 aliphatic carbocycles. The number of hydrogen-bond donors (Lipinski definition) is 0. The van der Waals surface area contributed by atoms with Gasteiger partial charge in [-0.1, -0.05) is 38.1 Å². The van der Waals surface area contributed by atoms with E-state index in [9.17, 15) is 0 Å². The first kappa shape index (κ1) is 8.52. The van der Waals surface area contributed by atoms with Gasteiger partial charge in [-0.15, -0.1) is 0 Å². The summed E-state index contributed by atoms with van der Waals surface area (Å²) in [7, 11) is 0. The fraction of sp³-hybridized carbons (Fsp3) is 0.571. The molecular formula is C14H18. The van der Waals surface area contributed by atoms with Gasteiger partial charge in [-0.3, -0.25) is 0 Å². The van der Waals surface area contributed by atoms with E-state index in [2.05, 4.69) is 38.1 Å². The summed E-state index contributed by atoms with van der Waals surface area (Å²) >= 11 is 0. The maximum absolute atomic E-state index is 2.37. The SMILES string of the molecule is CC(C)c1ccc(C23CC(C2)C3)cc1. The normalized spacial score (nSPS) is 33.8. The fourth-order valence-corrected chi connectivity index (χ4v) is 3.05. The summed E-state index contributed by atoms with van der Waals surface area (Å²) in [5, 5.41) is 0. The molecule has 0 spiro atoms. The number of rotatable bonds is 2. The van der Waals surface area contributed by atoms with Crippen LogP contribution < -0.4 is 0 Å². The molecule has 3 fully saturated rings. The highest BCUT2D eigenvalue weighted by Gasteiger charge is 2.57. The lowest BCUT2D eigenvalue weighted by Crippen LogP contribution is -2.55. The van der Waals surface area contributed by atoms with Gasteiger partial charge in [-0.25, -0.2) is 0 Å². The maximum Gasteiger partial charge on any atom is -0.00390 e. The molecule has 14 heavy (non-hydrogen) atoms. The van der Waals surface area contributed by atoms with Gasteiger partial charge in [0.25, 0.3) is 0 Å². The third-order valence-electron chi connectivity index (χ3n) is 4.23. The molecule has 0 atom stereocenters. The van der Waals surface area contributed by atoms with E-state index in [1.54, 1.807) is 5.56 Å². The van der Waals surface area contributed by atoms with Crippen LogP contribution in [0.1, 0.15) is 50.2 Å². The standard InChI is InChI=1S/C14H18/c1-10(2)12-3-5-13(6-4-12)14-7-11(8-14)9-14/h3-6,10-11H,7-9H2,1-2H3. The van der Waals surface area contributed by atoms with Gasteiger partial charge >= 0.3 is 0 Å². The van der Waals surface area contributed by atoms with Gasteiger partial charge in [0.1, 0.15) is 0 Å². The highest BCUT2D eigenvalue weighted by molar-refractivity contribution is 5.37. The molecule has 0 nitrogen and oxygen atoms in total. The van der Waals surface area contributed by atoms with Crippen molar-refractivity contribution < 1.29 is 0 Å². The summed E-state index contributed by atoms with van der Waals surface area (Å²) < 4.78 is 0. The molecule has 0 radical (unpaired) electrons. The highest BCUT2D eigenvalue weighted by Crippen LogP contribution is 2.65. The smallest absolute Gasteiger partial charge is 0.00390 e. The Morgan fingerprint density at radius 2 is 1.64 bits per heavy atom. The van der Waals surface area contributed by atoms with Crippen molar-refractivity contribution in [1.29, 1.82) is 0 Å². The summed E-state index contributed by atoms with van der Waals surface area (Å²) in [4.78, 5) is 0. The molecule has 0 N–H and O–H groups in total. The zero-order valence-electron chi connectivity index (χ0n) is 9.09. The van der Waals surface area contributed by atoms with Crippen molar-refractivity contribution in [2.45, 2.75) is 44.4 Å². The van der Waals surface area contributed by atoms with Gasteiger partial charge < -0.3 is 0 Å². The van der Waals surface area contributed by atoms with Crippen molar-refractivity contribution in [3.63, 3.8) is 0 Å². The van der Waals surface area contributed by atoms with Crippen molar-refractivity contribution >= 4 is 0 Å². The van der Waals surface area contributed by atoms with E-state index in [1.807, 2.05) is 0 Å². The number of hydrogen-bond acceptors (Lipinski definition) is 0. The third-order valence-corrected chi connectivity index (χ3v) is 4.23. The Kier molecular flexibility index (Phi) is 1.60. The van der Waals surface area contributed by atoms with Crippen LogP contribution in [-0.2, 0) is 5.41 Å². The Morgan fingerprint density at radius 3 is 2.00 bits per heavy atom. The molecule has 2 bridgehead atoms. The quantitative estimate of drug-likeness (QED) is 0.658. The minimum atomic E-state index is 0.639. The predicted molar refractivity (Wildman–Crippen MR) is 59.6 cm³/mol. The Labute approximate surface area is 86.3 Å². The molecule has 0 heterocycles. The van der Waals surface area contributed by atoms with Crippen LogP contribution in [0.5, 0.6) is 0 Å². The fourth-order valence-electron chi connectivity index (χ4n) is 3.05. The topological polar surface area (TPSA) is 0 Å². The van der Waals surface area contributed by atoms with Crippen molar-refractivity contribution in [1.82, 2.24) is 0 Å². The van der Waals surface area contributed by atoms with Gasteiger partial charge in [0, 0.05) is 0 Å². The molecular weight excluding hydrogens is 168 g/mol. The summed E-state index contributed by atoms with van der Waals surface area (Å²) in [6.45, 7) is 4.52. The summed E-state index contributed by atoms with van der Waals surface area (Å²) in [6, 6.07) is 9.37. The van der Waals surface area contributed by atoms with Crippen molar-refractivity contribution in [2.75, 3.05) is 0 Å². The van der Waals surface area contributed by atoms with Gasteiger partial charge in [0.15, 0.2) is 0 Å². The Bertz CT molecular complexity index is 328. The van der Waals surface area contributed by atoms with Crippen molar-refractivity contribution in [2.24, 2.45) is 5.92 Å². The Balaban J connectivity index is 1.87. The van der Waals surface area contributed by atoms with E-state index in [1.165, 1.54) is 24.8 Å². The van der Waals surface area contributed by atoms with Crippen LogP contribution in [0.25, 0.3) is 0 Å². The first-order valence-electron chi connectivity index (χ1n) is 5.80. The van der Waals surface area contributed by atoms with Gasteiger partial charge in [0.2, 0.25) is 0 Å². The first-order valence-corrected chi connectivity index (χ1v) is 5.80. The molecule has 3 saturated carbocycles. The average molecular weight is 186 g/mol. The molecule has 1 aromatic rings. The second kappa shape index (κ2) is 2.62. The zero-order chi connectivity index (χ0) is 9.76.